The van der Waals surface area contributed by atoms with Gasteiger partial charge in [0.2, 0.25) is 10.0 Å². The van der Waals surface area contributed by atoms with Gasteiger partial charge in [0.1, 0.15) is 12.4 Å². The summed E-state index contributed by atoms with van der Waals surface area (Å²) in [5, 5.41) is 12.6. The van der Waals surface area contributed by atoms with Crippen molar-refractivity contribution in [3.63, 3.8) is 0 Å². The molecule has 4 aliphatic heterocycles. The number of nitrogens with zero attached hydrogens (tertiary/aromatic N) is 2. The summed E-state index contributed by atoms with van der Waals surface area (Å²) in [6.45, 7) is 7.67. The van der Waals surface area contributed by atoms with Crippen LogP contribution in [0.1, 0.15) is 86.7 Å². The molecule has 7 rings (SSSR count). The minimum absolute atomic E-state index is 0.127. The molecule has 2 aromatic carbocycles. The van der Waals surface area contributed by atoms with Crippen LogP contribution >= 0.6 is 11.6 Å². The lowest BCUT2D eigenvalue weighted by Gasteiger charge is -2.51. The molecule has 0 aromatic heterocycles. The van der Waals surface area contributed by atoms with Gasteiger partial charge in [-0.05, 0) is 118 Å². The number of anilines is 1. The van der Waals surface area contributed by atoms with Gasteiger partial charge < -0.3 is 19.5 Å². The Morgan fingerprint density at radius 2 is 1.90 bits per heavy atom. The number of benzene rings is 2. The first-order chi connectivity index (χ1) is 23.0. The summed E-state index contributed by atoms with van der Waals surface area (Å²) in [6, 6.07) is 11.5. The number of ether oxygens (including phenoxy) is 2. The maximum absolute atomic E-state index is 13.5. The molecule has 0 spiro atoms. The Hall–Kier alpha value is -2.37. The molecule has 7 atom stereocenters. The lowest BCUT2D eigenvalue weighted by atomic mass is 9.62. The number of rotatable bonds is 2. The van der Waals surface area contributed by atoms with Crippen molar-refractivity contribution in [2.45, 2.75) is 101 Å². The fourth-order valence-electron chi connectivity index (χ4n) is 8.82. The third-order valence-electron chi connectivity index (χ3n) is 12.1. The fourth-order valence-corrected chi connectivity index (χ4v) is 10.3. The average Bonchev–Trinajstić information content (AvgIpc) is 3.65. The van der Waals surface area contributed by atoms with Crippen LogP contribution in [0.2, 0.25) is 5.02 Å². The Kier molecular flexibility index (Phi) is 9.76. The Morgan fingerprint density at radius 3 is 2.65 bits per heavy atom. The number of hydrogen-bond acceptors (Lipinski definition) is 8. The highest BCUT2D eigenvalue weighted by atomic mass is 35.5. The van der Waals surface area contributed by atoms with Crippen LogP contribution in [0.3, 0.4) is 0 Å². The number of amides is 1. The molecule has 1 unspecified atom stereocenters. The first-order valence-electron chi connectivity index (χ1n) is 17.9. The van der Waals surface area contributed by atoms with Crippen LogP contribution in [-0.2, 0) is 27.8 Å². The zero-order valence-corrected chi connectivity index (χ0v) is 29.8. The Morgan fingerprint density at radius 1 is 1.04 bits per heavy atom. The number of halogens is 1. The molecule has 1 aliphatic carbocycles. The molecule has 2 aromatic rings. The van der Waals surface area contributed by atoms with Crippen LogP contribution in [0.25, 0.3) is 0 Å². The molecule has 1 amide bonds. The van der Waals surface area contributed by atoms with Crippen molar-refractivity contribution in [1.29, 1.82) is 0 Å². The van der Waals surface area contributed by atoms with E-state index in [2.05, 4.69) is 14.5 Å². The van der Waals surface area contributed by atoms with Gasteiger partial charge in [-0.15, -0.1) is 0 Å². The zero-order valence-electron chi connectivity index (χ0n) is 28.2. The maximum atomic E-state index is 13.5. The molecule has 9 nitrogen and oxygen atoms in total. The quantitative estimate of drug-likeness (QED) is 0.420. The Bertz CT molecular complexity index is 1620. The standard InChI is InChI=1S/C37H50ClN3O6S/c1-24-6-5-14-37(43,23-41-20-32-18-31(41)22-46-32)33-12-9-28(33)19-40-15-4-3-7-26-16-30(38)11-8-29(26)21-47-35-13-10-27(17-34(35)40)36(42)39-48(44,45)25(24)2/h8,10-11,13,16-17,24-25,28,31-33,43H,3-7,9,12,14-15,18-23H2,1-2H3,(H,39,42)/t24-,25+,28-,31+,32+,33?,37-/m0/s1. The number of morpholine rings is 1. The number of β-amino-alcohol motifs (C(OH)–C–C–N with tert-alkyl or cyclic N) is 1. The number of likely N-dealkylation sites (tertiary alicyclic amines) is 1. The summed E-state index contributed by atoms with van der Waals surface area (Å²) >= 11 is 6.37. The molecule has 2 saturated heterocycles. The zero-order chi connectivity index (χ0) is 33.6. The van der Waals surface area contributed by atoms with Crippen LogP contribution in [0.5, 0.6) is 5.75 Å². The van der Waals surface area contributed by atoms with Crippen molar-refractivity contribution in [1.82, 2.24) is 9.62 Å². The van der Waals surface area contributed by atoms with Crippen LogP contribution in [-0.4, -0.2) is 80.1 Å². The van der Waals surface area contributed by atoms with E-state index < -0.39 is 26.8 Å². The lowest BCUT2D eigenvalue weighted by molar-refractivity contribution is -0.115. The van der Waals surface area contributed by atoms with E-state index in [0.29, 0.717) is 42.8 Å². The SMILES string of the molecule is C[C@@H]1[C@@H](C)CCC[C@](O)(CN2C[C@H]3C[C@@H]2CO3)C2CC[C@H]2CN2CCCCc3cc(Cl)ccc3COc3ccc(cc32)C(=O)NS1(=O)=O. The summed E-state index contributed by atoms with van der Waals surface area (Å²) in [7, 11) is -3.94. The summed E-state index contributed by atoms with van der Waals surface area (Å²) in [5.74, 6) is 0.247. The number of carbonyl (C=O) groups is 1. The molecule has 2 N–H and O–H groups in total. The van der Waals surface area contributed by atoms with Crippen molar-refractivity contribution in [2.75, 3.05) is 37.7 Å². The van der Waals surface area contributed by atoms with E-state index in [4.69, 9.17) is 21.1 Å². The minimum Gasteiger partial charge on any atom is -0.487 e. The van der Waals surface area contributed by atoms with Gasteiger partial charge >= 0.3 is 0 Å². The largest absolute Gasteiger partial charge is 0.487 e. The molecule has 4 heterocycles. The molecule has 4 bridgehead atoms. The number of hydrogen-bond donors (Lipinski definition) is 2. The molecular formula is C37H50ClN3O6S. The molecule has 48 heavy (non-hydrogen) atoms. The molecule has 262 valence electrons. The number of aliphatic hydroxyl groups is 1. The van der Waals surface area contributed by atoms with Gasteiger partial charge in [0.05, 0.1) is 29.2 Å². The molecule has 1 saturated carbocycles. The second-order valence-electron chi connectivity index (χ2n) is 15.2. The Balaban J connectivity index is 1.24. The molecular weight excluding hydrogens is 650 g/mol. The molecule has 0 radical (unpaired) electrons. The topological polar surface area (TPSA) is 108 Å². The van der Waals surface area contributed by atoms with E-state index in [-0.39, 0.29) is 29.4 Å². The summed E-state index contributed by atoms with van der Waals surface area (Å²) in [4.78, 5) is 18.3. The average molecular weight is 700 g/mol. The van der Waals surface area contributed by atoms with Crippen molar-refractivity contribution in [3.8, 4) is 5.75 Å². The predicted molar refractivity (Wildman–Crippen MR) is 187 cm³/mol. The smallest absolute Gasteiger partial charge is 0.264 e. The summed E-state index contributed by atoms with van der Waals surface area (Å²) in [6.07, 6.45) is 8.06. The maximum Gasteiger partial charge on any atom is 0.264 e. The van der Waals surface area contributed by atoms with E-state index in [0.717, 1.165) is 82.4 Å². The van der Waals surface area contributed by atoms with E-state index in [1.54, 1.807) is 25.1 Å². The summed E-state index contributed by atoms with van der Waals surface area (Å²) in [5.41, 5.74) is 2.45. The van der Waals surface area contributed by atoms with Crippen LogP contribution in [0.4, 0.5) is 5.69 Å². The first-order valence-corrected chi connectivity index (χ1v) is 19.8. The molecule has 5 aliphatic rings. The normalized spacial score (nSPS) is 34.2. The second kappa shape index (κ2) is 13.7. The van der Waals surface area contributed by atoms with Crippen molar-refractivity contribution in [2.24, 2.45) is 17.8 Å². The number of carbonyl (C=O) groups excluding carboxylic acids is 1. The van der Waals surface area contributed by atoms with Gasteiger partial charge in [-0.2, -0.15) is 0 Å². The minimum atomic E-state index is -3.94. The number of aryl methyl sites for hydroxylation is 1. The van der Waals surface area contributed by atoms with Crippen LogP contribution < -0.4 is 14.4 Å². The van der Waals surface area contributed by atoms with E-state index in [1.165, 1.54) is 5.56 Å². The number of fused-ring (bicyclic) bond motifs is 5. The van der Waals surface area contributed by atoms with Gasteiger partial charge in [0.25, 0.3) is 5.91 Å². The van der Waals surface area contributed by atoms with Gasteiger partial charge in [-0.25, -0.2) is 13.1 Å². The third kappa shape index (κ3) is 6.97. The van der Waals surface area contributed by atoms with Crippen molar-refractivity contribution >= 4 is 33.2 Å². The predicted octanol–water partition coefficient (Wildman–Crippen LogP) is 5.56. The van der Waals surface area contributed by atoms with E-state index >= 15 is 0 Å². The lowest BCUT2D eigenvalue weighted by Crippen LogP contribution is -2.57. The fraction of sp³-hybridized carbons (Fsp3) is 0.649. The van der Waals surface area contributed by atoms with Gasteiger partial charge in [-0.3, -0.25) is 9.69 Å². The summed E-state index contributed by atoms with van der Waals surface area (Å²) < 4.78 is 41.7. The van der Waals surface area contributed by atoms with Crippen molar-refractivity contribution < 1.29 is 27.8 Å². The molecule has 3 fully saturated rings. The van der Waals surface area contributed by atoms with Crippen LogP contribution in [0.15, 0.2) is 36.4 Å². The molecule has 11 heteroatoms. The second-order valence-corrected chi connectivity index (χ2v) is 17.6. The van der Waals surface area contributed by atoms with Gasteiger partial charge in [0.15, 0.2) is 0 Å². The Labute approximate surface area is 290 Å². The van der Waals surface area contributed by atoms with Crippen molar-refractivity contribution in [3.05, 3.63) is 58.1 Å². The monoisotopic (exact) mass is 699 g/mol. The first kappa shape index (κ1) is 34.1. The van der Waals surface area contributed by atoms with E-state index in [1.807, 2.05) is 25.1 Å². The third-order valence-corrected chi connectivity index (χ3v) is 14.2. The highest BCUT2D eigenvalue weighted by Crippen LogP contribution is 2.47. The van der Waals surface area contributed by atoms with E-state index in [9.17, 15) is 18.3 Å². The highest BCUT2D eigenvalue weighted by Gasteiger charge is 2.50. The van der Waals surface area contributed by atoms with Gasteiger partial charge in [0, 0.05) is 42.8 Å². The number of nitrogens with one attached hydrogen (secondary N) is 1. The van der Waals surface area contributed by atoms with Crippen LogP contribution in [0, 0.1) is 17.8 Å². The van der Waals surface area contributed by atoms with Gasteiger partial charge in [-0.1, -0.05) is 31.0 Å². The highest BCUT2D eigenvalue weighted by molar-refractivity contribution is 7.90. The number of sulfonamides is 1.